The molecule has 0 fully saturated rings. The molecule has 14 heavy (non-hydrogen) atoms. The number of halogens is 1. The van der Waals surface area contributed by atoms with Gasteiger partial charge in [-0.3, -0.25) is 0 Å². The van der Waals surface area contributed by atoms with Crippen molar-refractivity contribution in [3.63, 3.8) is 0 Å². The zero-order valence-corrected chi connectivity index (χ0v) is 8.13. The van der Waals surface area contributed by atoms with Crippen LogP contribution in [0.2, 0.25) is 5.02 Å². The molecule has 0 nitrogen and oxygen atoms in total. The second kappa shape index (κ2) is 3.85. The van der Waals surface area contributed by atoms with E-state index in [1.165, 1.54) is 6.92 Å². The van der Waals surface area contributed by atoms with Gasteiger partial charge in [0, 0.05) is 10.6 Å². The molecule has 0 saturated carbocycles. The average Bonchev–Trinajstić information content (AvgIpc) is 2.50. The highest BCUT2D eigenvalue weighted by Gasteiger charge is 2.00. The van der Waals surface area contributed by atoms with E-state index in [1.807, 2.05) is 0 Å². The average molecular weight is 211 g/mol. The number of benzene rings is 2. The van der Waals surface area contributed by atoms with Gasteiger partial charge in [-0.25, -0.2) is 0 Å². The molecule has 0 spiro atoms. The molecule has 0 heterocycles. The van der Waals surface area contributed by atoms with Crippen LogP contribution in [0.15, 0.2) is 48.3 Å². The van der Waals surface area contributed by atoms with Crippen LogP contribution in [0, 0.1) is 6.92 Å². The molecule has 0 atom stereocenters. The molecule has 0 aliphatic carbocycles. The fourth-order valence-corrected chi connectivity index (χ4v) is 1.16. The Hall–Kier alpha value is -1.27. The highest BCUT2D eigenvalue weighted by Crippen LogP contribution is 2.27. The van der Waals surface area contributed by atoms with Gasteiger partial charge >= 0.3 is 0 Å². The molecule has 0 saturated heterocycles. The largest absolute Gasteiger partial charge is 0.0837 e. The lowest BCUT2D eigenvalue weighted by Gasteiger charge is -2.03. The Morgan fingerprint density at radius 2 is 1.64 bits per heavy atom. The minimum absolute atomic E-state index is 0.163. The monoisotopic (exact) mass is 210 g/mol. The summed E-state index contributed by atoms with van der Waals surface area (Å²) in [4.78, 5) is 0. The lowest BCUT2D eigenvalue weighted by molar-refractivity contribution is 1.47. The Morgan fingerprint density at radius 3 is 2.36 bits per heavy atom. The second-order valence-corrected chi connectivity index (χ2v) is 3.07. The van der Waals surface area contributed by atoms with E-state index in [1.54, 1.807) is 0 Å². The van der Waals surface area contributed by atoms with Crippen LogP contribution in [-0.4, -0.2) is 0 Å². The van der Waals surface area contributed by atoms with E-state index < -0.39 is 24.2 Å². The summed E-state index contributed by atoms with van der Waals surface area (Å²) in [7, 11) is 0. The van der Waals surface area contributed by atoms with Crippen LogP contribution < -0.4 is 0 Å². The van der Waals surface area contributed by atoms with Gasteiger partial charge in [0.05, 0.1) is 11.0 Å². The van der Waals surface area contributed by atoms with Crippen LogP contribution in [0.3, 0.4) is 0 Å². The zero-order valence-electron chi connectivity index (χ0n) is 15.4. The van der Waals surface area contributed by atoms with Crippen LogP contribution in [0.5, 0.6) is 0 Å². The maximum Gasteiger partial charge on any atom is 0.0639 e. The van der Waals surface area contributed by atoms with E-state index in [-0.39, 0.29) is 45.9 Å². The molecule has 0 N–H and O–H groups in total. The Labute approximate surface area is 100 Å². The van der Waals surface area contributed by atoms with E-state index in [4.69, 9.17) is 22.6 Å². The normalized spacial score (nSPS) is 18.1. The standard InChI is InChI=1S/C13H11Cl/c1-10-6-8-11(9-7-10)12-4-2-3-5-13(12)14/h2-9H,1H3/i2D,3D,4D,5D,6D,7D,8D,9D. The molecule has 2 rings (SSSR count). The van der Waals surface area contributed by atoms with Crippen molar-refractivity contribution in [3.8, 4) is 11.1 Å². The van der Waals surface area contributed by atoms with E-state index >= 15 is 0 Å². The van der Waals surface area contributed by atoms with E-state index in [0.29, 0.717) is 0 Å². The van der Waals surface area contributed by atoms with Crippen molar-refractivity contribution in [1.29, 1.82) is 0 Å². The van der Waals surface area contributed by atoms with Crippen molar-refractivity contribution >= 4 is 11.6 Å². The Kier molecular flexibility index (Phi) is 1.02. The first-order valence-electron chi connectivity index (χ1n) is 7.94. The molecular formula is C13H11Cl. The van der Waals surface area contributed by atoms with Gasteiger partial charge in [-0.2, -0.15) is 0 Å². The molecule has 0 bridgehead atoms. The summed E-state index contributed by atoms with van der Waals surface area (Å²) in [6.07, 6.45) is 0. The van der Waals surface area contributed by atoms with Gasteiger partial charge in [0.1, 0.15) is 0 Å². The molecule has 0 aromatic heterocycles. The first kappa shape index (κ1) is 3.71. The summed E-state index contributed by atoms with van der Waals surface area (Å²) in [5.41, 5.74) is -0.280. The number of rotatable bonds is 1. The summed E-state index contributed by atoms with van der Waals surface area (Å²) >= 11 is 6.00. The Morgan fingerprint density at radius 1 is 1.00 bits per heavy atom. The van der Waals surface area contributed by atoms with Crippen molar-refractivity contribution in [3.05, 3.63) is 58.9 Å². The lowest BCUT2D eigenvalue weighted by atomic mass is 10.0. The Balaban J connectivity index is 3.03. The van der Waals surface area contributed by atoms with E-state index in [0.717, 1.165) is 0 Å². The molecule has 70 valence electrons. The fourth-order valence-electron chi connectivity index (χ4n) is 0.969. The van der Waals surface area contributed by atoms with Gasteiger partial charge in [-0.05, 0) is 18.5 Å². The maximum atomic E-state index is 8.00. The molecule has 2 aromatic rings. The molecule has 0 amide bonds. The SMILES string of the molecule is [2H]c1c([2H])c([2H])c(-c2c([2H])c([2H])c(C)c([2H])c2[2H])c(Cl)c1[2H]. The van der Waals surface area contributed by atoms with Crippen LogP contribution in [-0.2, 0) is 0 Å². The molecule has 0 aliphatic rings. The highest BCUT2D eigenvalue weighted by molar-refractivity contribution is 6.33. The summed E-state index contributed by atoms with van der Waals surface area (Å²) in [5, 5.41) is -0.323. The van der Waals surface area contributed by atoms with E-state index in [2.05, 4.69) is 0 Å². The minimum atomic E-state index is -0.540. The number of hydrogen-bond acceptors (Lipinski definition) is 0. The molecule has 1 heteroatoms. The third kappa shape index (κ3) is 1.80. The zero-order chi connectivity index (χ0) is 16.9. The van der Waals surface area contributed by atoms with Crippen molar-refractivity contribution in [2.45, 2.75) is 6.92 Å². The third-order valence-electron chi connectivity index (χ3n) is 1.64. The van der Waals surface area contributed by atoms with Crippen molar-refractivity contribution < 1.29 is 11.0 Å². The summed E-state index contributed by atoms with van der Waals surface area (Å²) in [6.45, 7) is 1.45. The topological polar surface area (TPSA) is 0 Å². The van der Waals surface area contributed by atoms with Gasteiger partial charge in [-0.1, -0.05) is 59.5 Å². The summed E-state index contributed by atoms with van der Waals surface area (Å²) < 4.78 is 62.6. The van der Waals surface area contributed by atoms with Crippen LogP contribution in [0.25, 0.3) is 11.1 Å². The molecule has 0 unspecified atom stereocenters. The molecule has 2 aromatic carbocycles. The first-order chi connectivity index (χ1) is 10.1. The number of hydrogen-bond donors (Lipinski definition) is 0. The van der Waals surface area contributed by atoms with Crippen molar-refractivity contribution in [2.24, 2.45) is 0 Å². The minimum Gasteiger partial charge on any atom is -0.0837 e. The van der Waals surface area contributed by atoms with Gasteiger partial charge in [-0.15, -0.1) is 0 Å². The summed E-state index contributed by atoms with van der Waals surface area (Å²) in [5.74, 6) is 0. The predicted octanol–water partition coefficient (Wildman–Crippen LogP) is 4.32. The van der Waals surface area contributed by atoms with Crippen LogP contribution in [0.1, 0.15) is 16.5 Å². The molecule has 0 radical (unpaired) electrons. The lowest BCUT2D eigenvalue weighted by Crippen LogP contribution is -1.79. The third-order valence-corrected chi connectivity index (χ3v) is 1.93. The van der Waals surface area contributed by atoms with Gasteiger partial charge < -0.3 is 0 Å². The van der Waals surface area contributed by atoms with Crippen LogP contribution >= 0.6 is 11.6 Å². The highest BCUT2D eigenvalue weighted by atomic mass is 35.5. The van der Waals surface area contributed by atoms with Crippen molar-refractivity contribution in [2.75, 3.05) is 0 Å². The Bertz CT molecular complexity index is 674. The maximum absolute atomic E-state index is 8.00. The van der Waals surface area contributed by atoms with Crippen LogP contribution in [0.4, 0.5) is 0 Å². The smallest absolute Gasteiger partial charge is 0.0639 e. The second-order valence-electron chi connectivity index (χ2n) is 2.69. The van der Waals surface area contributed by atoms with E-state index in [9.17, 15) is 0 Å². The predicted molar refractivity (Wildman–Crippen MR) is 61.6 cm³/mol. The van der Waals surface area contributed by atoms with Crippen molar-refractivity contribution in [1.82, 2.24) is 0 Å². The molecular weight excluding hydrogens is 192 g/mol. The van der Waals surface area contributed by atoms with Gasteiger partial charge in [0.25, 0.3) is 0 Å². The van der Waals surface area contributed by atoms with Gasteiger partial charge in [0.15, 0.2) is 0 Å². The van der Waals surface area contributed by atoms with Gasteiger partial charge in [0.2, 0.25) is 0 Å². The summed E-state index contributed by atoms with van der Waals surface area (Å²) in [6, 6.07) is -3.32. The first-order valence-corrected chi connectivity index (χ1v) is 4.32. The quantitative estimate of drug-likeness (QED) is 0.658. The molecule has 0 aliphatic heterocycles. The fraction of sp³-hybridized carbons (Fsp3) is 0.0769.